The summed E-state index contributed by atoms with van der Waals surface area (Å²) >= 11 is 4.51. The Morgan fingerprint density at radius 1 is 1.50 bits per heavy atom. The fourth-order valence-electron chi connectivity index (χ4n) is 0.840. The highest BCUT2D eigenvalue weighted by Crippen LogP contribution is 2.14. The predicted molar refractivity (Wildman–Crippen MR) is 58.1 cm³/mol. The molecule has 0 radical (unpaired) electrons. The molecule has 0 fully saturated rings. The van der Waals surface area contributed by atoms with Crippen molar-refractivity contribution in [3.05, 3.63) is 13.2 Å². The van der Waals surface area contributed by atoms with Gasteiger partial charge in [0.15, 0.2) is 3.83 Å². The van der Waals surface area contributed by atoms with Crippen LogP contribution in [0.2, 0.25) is 0 Å². The Balaban J connectivity index is 3.20. The molecule has 0 aliphatic heterocycles. The van der Waals surface area contributed by atoms with Crippen LogP contribution in [-0.4, -0.2) is 9.55 Å². The van der Waals surface area contributed by atoms with Gasteiger partial charge in [-0.2, -0.15) is 0 Å². The van der Waals surface area contributed by atoms with Gasteiger partial charge in [-0.05, 0) is 59.0 Å². The van der Waals surface area contributed by atoms with Crippen LogP contribution in [0.25, 0.3) is 0 Å². The molecule has 0 aromatic carbocycles. The summed E-state index contributed by atoms with van der Waals surface area (Å²) in [6, 6.07) is 0. The van der Waals surface area contributed by atoms with Crippen LogP contribution in [0.15, 0.2) is 0 Å². The van der Waals surface area contributed by atoms with E-state index in [1.54, 1.807) is 0 Å². The molecule has 0 saturated heterocycles. The van der Waals surface area contributed by atoms with Crippen molar-refractivity contribution >= 4 is 45.2 Å². The van der Waals surface area contributed by atoms with Crippen molar-refractivity contribution in [3.63, 3.8) is 0 Å². The molecule has 1 aromatic rings. The average Bonchev–Trinajstić information content (AvgIpc) is 2.09. The molecule has 0 atom stereocenters. The van der Waals surface area contributed by atoms with Crippen LogP contribution in [0.1, 0.15) is 12.6 Å². The lowest BCUT2D eigenvalue weighted by atomic mass is 10.5. The first kappa shape index (κ1) is 8.76. The van der Waals surface area contributed by atoms with E-state index >= 15 is 0 Å². The second-order valence-electron chi connectivity index (χ2n) is 2.00. The van der Waals surface area contributed by atoms with E-state index in [0.717, 1.165) is 14.1 Å². The lowest BCUT2D eigenvalue weighted by Crippen LogP contribution is -1.98. The zero-order valence-electron chi connectivity index (χ0n) is 5.86. The van der Waals surface area contributed by atoms with Gasteiger partial charge in [0.1, 0.15) is 3.70 Å². The van der Waals surface area contributed by atoms with E-state index in [1.807, 2.05) is 0 Å². The predicted octanol–water partition coefficient (Wildman–Crippen LogP) is 2.42. The van der Waals surface area contributed by atoms with Gasteiger partial charge in [-0.15, -0.1) is 0 Å². The van der Waals surface area contributed by atoms with Crippen molar-refractivity contribution in [2.24, 2.45) is 0 Å². The van der Waals surface area contributed by atoms with Gasteiger partial charge < -0.3 is 4.57 Å². The Morgan fingerprint density at radius 3 is 2.30 bits per heavy atom. The SMILES string of the molecule is CCn1c(I)nc(I)c1C. The van der Waals surface area contributed by atoms with E-state index in [0.29, 0.717) is 0 Å². The molecule has 0 aliphatic carbocycles. The van der Waals surface area contributed by atoms with E-state index in [2.05, 4.69) is 68.6 Å². The van der Waals surface area contributed by atoms with Crippen molar-refractivity contribution in [2.45, 2.75) is 20.4 Å². The maximum Gasteiger partial charge on any atom is 0.172 e. The first-order valence-electron chi connectivity index (χ1n) is 3.05. The number of aromatic nitrogens is 2. The third-order valence-corrected chi connectivity index (χ3v) is 3.28. The second kappa shape index (κ2) is 3.38. The van der Waals surface area contributed by atoms with Crippen LogP contribution < -0.4 is 0 Å². The van der Waals surface area contributed by atoms with E-state index in [4.69, 9.17) is 0 Å². The highest BCUT2D eigenvalue weighted by Gasteiger charge is 2.06. The summed E-state index contributed by atoms with van der Waals surface area (Å²) in [6.07, 6.45) is 0. The topological polar surface area (TPSA) is 17.8 Å². The summed E-state index contributed by atoms with van der Waals surface area (Å²) in [5, 5.41) is 0. The highest BCUT2D eigenvalue weighted by molar-refractivity contribution is 14.1. The molecule has 0 saturated carbocycles. The lowest BCUT2D eigenvalue weighted by molar-refractivity contribution is 0.715. The van der Waals surface area contributed by atoms with Gasteiger partial charge in [-0.25, -0.2) is 4.98 Å². The summed E-state index contributed by atoms with van der Waals surface area (Å²) in [5.41, 5.74) is 1.27. The molecule has 4 heteroatoms. The molecular formula is C6H8I2N2. The normalized spacial score (nSPS) is 10.4. The summed E-state index contributed by atoms with van der Waals surface area (Å²) < 4.78 is 4.40. The Labute approximate surface area is 87.7 Å². The van der Waals surface area contributed by atoms with Crippen LogP contribution in [0, 0.1) is 14.5 Å². The Bertz CT molecular complexity index is 242. The number of rotatable bonds is 1. The summed E-state index contributed by atoms with van der Waals surface area (Å²) in [6.45, 7) is 5.24. The largest absolute Gasteiger partial charge is 0.323 e. The van der Waals surface area contributed by atoms with Gasteiger partial charge >= 0.3 is 0 Å². The summed E-state index contributed by atoms with van der Waals surface area (Å²) in [7, 11) is 0. The van der Waals surface area contributed by atoms with Crippen LogP contribution in [0.3, 0.4) is 0 Å². The number of hydrogen-bond donors (Lipinski definition) is 0. The van der Waals surface area contributed by atoms with Crippen molar-refractivity contribution in [1.29, 1.82) is 0 Å². The third-order valence-electron chi connectivity index (χ3n) is 1.43. The van der Waals surface area contributed by atoms with E-state index in [-0.39, 0.29) is 0 Å². The molecule has 0 N–H and O–H groups in total. The number of halogens is 2. The van der Waals surface area contributed by atoms with Crippen molar-refractivity contribution < 1.29 is 0 Å². The van der Waals surface area contributed by atoms with Gasteiger partial charge in [0, 0.05) is 12.2 Å². The van der Waals surface area contributed by atoms with Gasteiger partial charge in [0.2, 0.25) is 0 Å². The quantitative estimate of drug-likeness (QED) is 0.702. The lowest BCUT2D eigenvalue weighted by Gasteiger charge is -1.99. The zero-order valence-corrected chi connectivity index (χ0v) is 10.2. The molecule has 0 amide bonds. The van der Waals surface area contributed by atoms with Crippen LogP contribution >= 0.6 is 45.2 Å². The van der Waals surface area contributed by atoms with Crippen molar-refractivity contribution in [3.8, 4) is 0 Å². The molecule has 0 aliphatic rings. The minimum atomic E-state index is 1.01. The van der Waals surface area contributed by atoms with E-state index in [1.165, 1.54) is 5.69 Å². The second-order valence-corrected chi connectivity index (χ2v) is 3.99. The maximum absolute atomic E-state index is 4.32. The molecule has 0 unspecified atom stereocenters. The average molecular weight is 362 g/mol. The molecule has 1 aromatic heterocycles. The molecule has 56 valence electrons. The number of imidazole rings is 1. The Kier molecular flexibility index (Phi) is 2.96. The Morgan fingerprint density at radius 2 is 2.10 bits per heavy atom. The van der Waals surface area contributed by atoms with Crippen molar-refractivity contribution in [2.75, 3.05) is 0 Å². The zero-order chi connectivity index (χ0) is 7.72. The maximum atomic E-state index is 4.32. The highest BCUT2D eigenvalue weighted by atomic mass is 127. The third kappa shape index (κ3) is 1.46. The van der Waals surface area contributed by atoms with Crippen LogP contribution in [-0.2, 0) is 6.54 Å². The molecule has 2 nitrogen and oxygen atoms in total. The van der Waals surface area contributed by atoms with Crippen molar-refractivity contribution in [1.82, 2.24) is 9.55 Å². The summed E-state index contributed by atoms with van der Waals surface area (Å²) in [4.78, 5) is 4.32. The summed E-state index contributed by atoms with van der Waals surface area (Å²) in [5.74, 6) is 0. The number of nitrogens with zero attached hydrogens (tertiary/aromatic N) is 2. The van der Waals surface area contributed by atoms with E-state index in [9.17, 15) is 0 Å². The standard InChI is InChI=1S/C6H8I2N2/c1-3-10-4(2)5(7)9-6(10)8/h3H2,1-2H3. The van der Waals surface area contributed by atoms with Gasteiger partial charge in [-0.3, -0.25) is 0 Å². The molecule has 1 heterocycles. The minimum Gasteiger partial charge on any atom is -0.323 e. The molecule has 0 bridgehead atoms. The molecule has 10 heavy (non-hydrogen) atoms. The monoisotopic (exact) mass is 362 g/mol. The Hall–Kier alpha value is 0.670. The van der Waals surface area contributed by atoms with Crippen LogP contribution in [0.4, 0.5) is 0 Å². The molecule has 0 spiro atoms. The molecular weight excluding hydrogens is 354 g/mol. The van der Waals surface area contributed by atoms with Crippen LogP contribution in [0.5, 0.6) is 0 Å². The van der Waals surface area contributed by atoms with Gasteiger partial charge in [0.25, 0.3) is 0 Å². The van der Waals surface area contributed by atoms with E-state index < -0.39 is 0 Å². The smallest absolute Gasteiger partial charge is 0.172 e. The van der Waals surface area contributed by atoms with Gasteiger partial charge in [-0.1, -0.05) is 0 Å². The first-order chi connectivity index (χ1) is 4.66. The van der Waals surface area contributed by atoms with Gasteiger partial charge in [0.05, 0.1) is 0 Å². The fourth-order valence-corrected chi connectivity index (χ4v) is 2.77. The fraction of sp³-hybridized carbons (Fsp3) is 0.500. The number of hydrogen-bond acceptors (Lipinski definition) is 1. The first-order valence-corrected chi connectivity index (χ1v) is 5.20. The minimum absolute atomic E-state index is 1.01. The molecule has 1 rings (SSSR count).